The number of hydrogen-bond acceptors (Lipinski definition) is 5. The van der Waals surface area contributed by atoms with Crippen LogP contribution in [0.4, 0.5) is 9.59 Å². The first-order chi connectivity index (χ1) is 7.93. The Kier molecular flexibility index (Phi) is 2.86. The van der Waals surface area contributed by atoms with Gasteiger partial charge in [0, 0.05) is 0 Å². The van der Waals surface area contributed by atoms with E-state index >= 15 is 0 Å². The number of ether oxygens (including phenoxy) is 1. The second-order valence-corrected chi connectivity index (χ2v) is 6.06. The molecule has 2 saturated heterocycles. The Morgan fingerprint density at radius 2 is 2.24 bits per heavy atom. The minimum absolute atomic E-state index is 0.152. The first-order valence-corrected chi connectivity index (χ1v) is 6.98. The van der Waals surface area contributed by atoms with Gasteiger partial charge in [0.05, 0.1) is 30.2 Å². The smallest absolute Gasteiger partial charge is 0.429 e. The van der Waals surface area contributed by atoms with Gasteiger partial charge in [-0.2, -0.15) is 0 Å². The van der Waals surface area contributed by atoms with E-state index in [1.807, 2.05) is 0 Å². The summed E-state index contributed by atoms with van der Waals surface area (Å²) >= 11 is 0. The van der Waals surface area contributed by atoms with Crippen molar-refractivity contribution in [1.82, 2.24) is 15.8 Å². The van der Waals surface area contributed by atoms with Crippen molar-refractivity contribution in [3.05, 3.63) is 0 Å². The van der Waals surface area contributed by atoms with Gasteiger partial charge in [-0.3, -0.25) is 0 Å². The van der Waals surface area contributed by atoms with Crippen LogP contribution in [0.1, 0.15) is 6.92 Å². The monoisotopic (exact) mass is 263 g/mol. The van der Waals surface area contributed by atoms with E-state index in [0.29, 0.717) is 0 Å². The summed E-state index contributed by atoms with van der Waals surface area (Å²) in [6.07, 6.45) is -0.741. The Labute approximate surface area is 98.2 Å². The molecule has 0 radical (unpaired) electrons. The fourth-order valence-electron chi connectivity index (χ4n) is 1.99. The number of carbonyl (C=O) groups is 2. The number of nitrogens with zero attached hydrogens (tertiary/aromatic N) is 1. The lowest BCUT2D eigenvalue weighted by molar-refractivity contribution is 0.0586. The van der Waals surface area contributed by atoms with E-state index in [1.54, 1.807) is 6.92 Å². The molecule has 2 aliphatic rings. The van der Waals surface area contributed by atoms with E-state index in [1.165, 1.54) is 0 Å². The molecule has 2 N–H and O–H groups in total. The summed E-state index contributed by atoms with van der Waals surface area (Å²) in [4.78, 5) is 22.8. The molecule has 0 aromatic heterocycles. The maximum atomic E-state index is 11.6. The van der Waals surface area contributed by atoms with Crippen LogP contribution in [-0.4, -0.2) is 55.7 Å². The molecule has 3 amide bonds. The molecule has 17 heavy (non-hydrogen) atoms. The Morgan fingerprint density at radius 1 is 1.53 bits per heavy atom. The third kappa shape index (κ3) is 2.28. The Bertz CT molecular complexity index is 448. The summed E-state index contributed by atoms with van der Waals surface area (Å²) in [5.41, 5.74) is 2.25. The zero-order chi connectivity index (χ0) is 12.6. The van der Waals surface area contributed by atoms with Crippen molar-refractivity contribution in [2.45, 2.75) is 19.0 Å². The minimum Gasteiger partial charge on any atom is -0.448 e. The highest BCUT2D eigenvalue weighted by Gasteiger charge is 2.47. The van der Waals surface area contributed by atoms with Crippen LogP contribution in [0.3, 0.4) is 0 Å². The quantitative estimate of drug-likeness (QED) is 0.620. The van der Waals surface area contributed by atoms with E-state index in [0.717, 1.165) is 5.01 Å². The van der Waals surface area contributed by atoms with Gasteiger partial charge >= 0.3 is 12.1 Å². The lowest BCUT2D eigenvalue weighted by atomic mass is 10.1. The molecule has 0 aliphatic carbocycles. The van der Waals surface area contributed by atoms with Gasteiger partial charge in [0.15, 0.2) is 9.84 Å². The topological polar surface area (TPSA) is 105 Å². The molecule has 0 spiro atoms. The molecule has 2 unspecified atom stereocenters. The largest absolute Gasteiger partial charge is 0.448 e. The van der Waals surface area contributed by atoms with Crippen molar-refractivity contribution in [2.75, 3.05) is 18.1 Å². The second-order valence-electron chi connectivity index (χ2n) is 3.90. The molecule has 2 atom stereocenters. The highest BCUT2D eigenvalue weighted by atomic mass is 32.2. The van der Waals surface area contributed by atoms with Crippen LogP contribution in [0.5, 0.6) is 0 Å². The maximum absolute atomic E-state index is 11.6. The van der Waals surface area contributed by atoms with Crippen LogP contribution in [0.25, 0.3) is 0 Å². The lowest BCUT2D eigenvalue weighted by Crippen LogP contribution is -2.67. The molecule has 2 heterocycles. The average Bonchev–Trinajstić information content (AvgIpc) is 2.51. The molecule has 2 aliphatic heterocycles. The Balaban J connectivity index is 2.21. The summed E-state index contributed by atoms with van der Waals surface area (Å²) in [5, 5.41) is 3.44. The van der Waals surface area contributed by atoms with Gasteiger partial charge in [0.25, 0.3) is 0 Å². The van der Waals surface area contributed by atoms with Crippen molar-refractivity contribution in [3.8, 4) is 0 Å². The van der Waals surface area contributed by atoms with Crippen molar-refractivity contribution in [3.63, 3.8) is 0 Å². The van der Waals surface area contributed by atoms with Gasteiger partial charge in [-0.1, -0.05) is 0 Å². The van der Waals surface area contributed by atoms with Gasteiger partial charge in [-0.25, -0.2) is 28.4 Å². The third-order valence-electron chi connectivity index (χ3n) is 2.66. The summed E-state index contributed by atoms with van der Waals surface area (Å²) < 4.78 is 27.7. The number of nitrogens with one attached hydrogen (secondary N) is 2. The number of carbonyl (C=O) groups excluding carboxylic acids is 2. The predicted octanol–water partition coefficient (Wildman–Crippen LogP) is -1.16. The molecular formula is C8H13N3O5S. The number of sulfone groups is 1. The second kappa shape index (κ2) is 4.06. The number of hydrogen-bond donors (Lipinski definition) is 2. The normalized spacial score (nSPS) is 30.2. The van der Waals surface area contributed by atoms with Gasteiger partial charge in [-0.05, 0) is 6.92 Å². The summed E-state index contributed by atoms with van der Waals surface area (Å²) in [6.45, 7) is 1.79. The van der Waals surface area contributed by atoms with Gasteiger partial charge < -0.3 is 10.1 Å². The van der Waals surface area contributed by atoms with Gasteiger partial charge in [0.2, 0.25) is 0 Å². The molecule has 8 nitrogen and oxygen atoms in total. The van der Waals surface area contributed by atoms with Crippen LogP contribution in [-0.2, 0) is 14.6 Å². The summed E-state index contributed by atoms with van der Waals surface area (Å²) in [7, 11) is -3.24. The number of amides is 3. The molecule has 0 aromatic carbocycles. The first-order valence-electron chi connectivity index (χ1n) is 5.16. The number of hydrazine groups is 1. The highest BCUT2D eigenvalue weighted by Crippen LogP contribution is 2.20. The SMILES string of the molecule is CCOC(=O)N1NC(=O)NC2CS(=O)(=O)CC21. The maximum Gasteiger partial charge on any atom is 0.429 e. The van der Waals surface area contributed by atoms with Crippen LogP contribution in [0.15, 0.2) is 0 Å². The molecule has 0 aromatic rings. The van der Waals surface area contributed by atoms with Crippen molar-refractivity contribution in [2.24, 2.45) is 0 Å². The molecular weight excluding hydrogens is 250 g/mol. The standard InChI is InChI=1S/C8H13N3O5S/c1-2-16-8(13)11-6-4-17(14,15)3-5(6)9-7(12)10-11/h5-6H,2-4H2,1H3,(H2,9,10,12). The van der Waals surface area contributed by atoms with Crippen LogP contribution >= 0.6 is 0 Å². The zero-order valence-electron chi connectivity index (χ0n) is 9.17. The highest BCUT2D eigenvalue weighted by molar-refractivity contribution is 7.91. The van der Waals surface area contributed by atoms with Crippen LogP contribution in [0.2, 0.25) is 0 Å². The van der Waals surface area contributed by atoms with E-state index in [2.05, 4.69) is 10.7 Å². The summed E-state index contributed by atoms with van der Waals surface area (Å²) in [6, 6.07) is -1.79. The molecule has 96 valence electrons. The first kappa shape index (κ1) is 12.0. The lowest BCUT2D eigenvalue weighted by Gasteiger charge is -2.36. The van der Waals surface area contributed by atoms with E-state index in [-0.39, 0.29) is 18.1 Å². The van der Waals surface area contributed by atoms with Crippen molar-refractivity contribution in [1.29, 1.82) is 0 Å². The average molecular weight is 263 g/mol. The molecule has 0 saturated carbocycles. The Hall–Kier alpha value is -1.51. The minimum atomic E-state index is -3.24. The van der Waals surface area contributed by atoms with Crippen molar-refractivity contribution < 1.29 is 22.7 Å². The fourth-order valence-corrected chi connectivity index (χ4v) is 3.88. The van der Waals surface area contributed by atoms with Crippen LogP contribution in [0, 0.1) is 0 Å². The number of fused-ring (bicyclic) bond motifs is 1. The molecule has 2 fully saturated rings. The molecule has 9 heteroatoms. The zero-order valence-corrected chi connectivity index (χ0v) is 9.99. The van der Waals surface area contributed by atoms with Gasteiger partial charge in [0.1, 0.15) is 0 Å². The van der Waals surface area contributed by atoms with Crippen LogP contribution < -0.4 is 10.7 Å². The fraction of sp³-hybridized carbons (Fsp3) is 0.750. The Morgan fingerprint density at radius 3 is 2.88 bits per heavy atom. The van der Waals surface area contributed by atoms with Gasteiger partial charge in [-0.15, -0.1) is 0 Å². The van der Waals surface area contributed by atoms with E-state index in [4.69, 9.17) is 4.74 Å². The number of urea groups is 1. The number of rotatable bonds is 1. The predicted molar refractivity (Wildman–Crippen MR) is 56.8 cm³/mol. The summed E-state index contributed by atoms with van der Waals surface area (Å²) in [5.74, 6) is -0.329. The van der Waals surface area contributed by atoms with E-state index in [9.17, 15) is 18.0 Å². The third-order valence-corrected chi connectivity index (χ3v) is 4.37. The molecule has 0 bridgehead atoms. The molecule has 2 rings (SSSR count). The van der Waals surface area contributed by atoms with E-state index < -0.39 is 34.0 Å². The van der Waals surface area contributed by atoms with Crippen molar-refractivity contribution >= 4 is 22.0 Å².